The monoisotopic (exact) mass is 432 g/mol. The Morgan fingerprint density at radius 3 is 2.39 bits per heavy atom. The van der Waals surface area contributed by atoms with Gasteiger partial charge >= 0.3 is 5.97 Å². The van der Waals surface area contributed by atoms with Gasteiger partial charge in [0.1, 0.15) is 23.4 Å². The first-order valence-electron chi connectivity index (χ1n) is 10.6. The molecular weight excluding hydrogens is 406 g/mol. The van der Waals surface area contributed by atoms with Gasteiger partial charge in [0.2, 0.25) is 0 Å². The number of hydrogen-bond donors (Lipinski definition) is 1. The van der Waals surface area contributed by atoms with E-state index in [0.29, 0.717) is 48.8 Å². The highest BCUT2D eigenvalue weighted by Gasteiger charge is 2.26. The zero-order valence-electron chi connectivity index (χ0n) is 17.4. The van der Waals surface area contributed by atoms with Gasteiger partial charge in [-0.2, -0.15) is 0 Å². The van der Waals surface area contributed by atoms with E-state index in [9.17, 15) is 13.6 Å². The summed E-state index contributed by atoms with van der Waals surface area (Å²) in [7, 11) is 1.53. The first-order valence-corrected chi connectivity index (χ1v) is 10.6. The van der Waals surface area contributed by atoms with Crippen molar-refractivity contribution in [1.29, 1.82) is 0 Å². The molecule has 1 saturated carbocycles. The third kappa shape index (κ3) is 4.73. The number of hydrogen-bond acceptors (Lipinski definition) is 5. The van der Waals surface area contributed by atoms with Crippen LogP contribution in [0.2, 0.25) is 0 Å². The highest BCUT2D eigenvalue weighted by atomic mass is 19.1. The van der Waals surface area contributed by atoms with Crippen LogP contribution in [0.3, 0.4) is 0 Å². The number of rotatable bonds is 7. The predicted molar refractivity (Wildman–Crippen MR) is 112 cm³/mol. The molecule has 1 N–H and O–H groups in total. The Morgan fingerprint density at radius 1 is 1.16 bits per heavy atom. The smallest absolute Gasteiger partial charge is 0.303 e. The van der Waals surface area contributed by atoms with Gasteiger partial charge in [0.15, 0.2) is 5.75 Å². The third-order valence-electron chi connectivity index (χ3n) is 6.08. The van der Waals surface area contributed by atoms with Crippen molar-refractivity contribution in [2.45, 2.75) is 44.6 Å². The van der Waals surface area contributed by atoms with Crippen LogP contribution in [0.4, 0.5) is 14.5 Å². The molecular formula is C23H26F2N2O4. The number of nitrogens with zero attached hydrogens (tertiary/aromatic N) is 2. The van der Waals surface area contributed by atoms with Crippen LogP contribution in [0.15, 0.2) is 24.3 Å². The summed E-state index contributed by atoms with van der Waals surface area (Å²) < 4.78 is 41.1. The number of carboxylic acids is 1. The Balaban J connectivity index is 1.55. The number of anilines is 1. The summed E-state index contributed by atoms with van der Waals surface area (Å²) in [6.07, 6.45) is 4.39. The molecule has 1 saturated heterocycles. The van der Waals surface area contributed by atoms with Crippen LogP contribution in [-0.4, -0.2) is 42.4 Å². The van der Waals surface area contributed by atoms with Crippen molar-refractivity contribution in [1.82, 2.24) is 4.98 Å². The first-order chi connectivity index (χ1) is 14.9. The summed E-state index contributed by atoms with van der Waals surface area (Å²) in [5.74, 6) is -1.31. The number of carboxylic acid groups (broad SMARTS) is 1. The van der Waals surface area contributed by atoms with E-state index in [1.54, 1.807) is 17.0 Å². The Labute approximate surface area is 179 Å². The quantitative estimate of drug-likeness (QED) is 0.686. The average molecular weight is 432 g/mol. The molecule has 1 aromatic heterocycles. The molecule has 2 aromatic rings. The molecule has 6 nitrogen and oxygen atoms in total. The molecule has 2 fully saturated rings. The molecule has 8 heteroatoms. The lowest BCUT2D eigenvalue weighted by Gasteiger charge is -2.33. The van der Waals surface area contributed by atoms with Crippen LogP contribution in [0.5, 0.6) is 11.6 Å². The molecule has 1 aromatic carbocycles. The lowest BCUT2D eigenvalue weighted by Crippen LogP contribution is -2.35. The summed E-state index contributed by atoms with van der Waals surface area (Å²) in [5, 5.41) is 8.94. The first kappa shape index (κ1) is 21.3. The number of piperidine rings is 1. The van der Waals surface area contributed by atoms with Crippen LogP contribution >= 0.6 is 0 Å². The van der Waals surface area contributed by atoms with Crippen LogP contribution < -0.4 is 14.4 Å². The Hall–Kier alpha value is -2.90. The normalized spacial score (nSPS) is 17.3. The largest absolute Gasteiger partial charge is 0.491 e. The lowest BCUT2D eigenvalue weighted by molar-refractivity contribution is -0.138. The van der Waals surface area contributed by atoms with Crippen molar-refractivity contribution >= 4 is 11.7 Å². The fraction of sp³-hybridized carbons (Fsp3) is 0.478. The summed E-state index contributed by atoms with van der Waals surface area (Å²) in [6, 6.07) is 5.90. The predicted octanol–water partition coefficient (Wildman–Crippen LogP) is 4.66. The van der Waals surface area contributed by atoms with Gasteiger partial charge in [-0.25, -0.2) is 13.8 Å². The molecule has 4 rings (SSSR count). The molecule has 0 atom stereocenters. The molecule has 0 amide bonds. The van der Waals surface area contributed by atoms with Crippen molar-refractivity contribution in [3.8, 4) is 22.9 Å². The second-order valence-electron chi connectivity index (χ2n) is 8.19. The maximum Gasteiger partial charge on any atom is 0.303 e. The zero-order valence-corrected chi connectivity index (χ0v) is 17.4. The summed E-state index contributed by atoms with van der Waals surface area (Å²) in [4.78, 5) is 17.0. The Kier molecular flexibility index (Phi) is 6.25. The Morgan fingerprint density at radius 2 is 1.84 bits per heavy atom. The van der Waals surface area contributed by atoms with E-state index in [2.05, 4.69) is 4.98 Å². The number of carbonyl (C=O) groups is 1. The SMILES string of the molecule is COc1ccc(-c2cc(F)c(N3CCC(CC(=O)O)CC3)c(F)c2)nc1OC1CCC1. The number of aliphatic carboxylic acids is 1. The third-order valence-corrected chi connectivity index (χ3v) is 6.08. The van der Waals surface area contributed by atoms with Crippen molar-refractivity contribution < 1.29 is 28.2 Å². The van der Waals surface area contributed by atoms with E-state index in [0.717, 1.165) is 19.3 Å². The van der Waals surface area contributed by atoms with E-state index < -0.39 is 17.6 Å². The minimum absolute atomic E-state index is 0.0386. The standard InChI is InChI=1S/C23H26F2N2O4/c1-30-20-6-5-19(26-23(20)31-16-3-2-4-16)15-12-17(24)22(18(25)13-15)27-9-7-14(8-10-27)11-21(28)29/h5-6,12-14,16H,2-4,7-11H2,1H3,(H,28,29). The molecule has 31 heavy (non-hydrogen) atoms. The van der Waals surface area contributed by atoms with Crippen molar-refractivity contribution in [3.05, 3.63) is 35.9 Å². The van der Waals surface area contributed by atoms with Gasteiger partial charge in [-0.05, 0) is 62.3 Å². The second-order valence-corrected chi connectivity index (χ2v) is 8.19. The molecule has 166 valence electrons. The summed E-state index contributed by atoms with van der Waals surface area (Å²) >= 11 is 0. The van der Waals surface area contributed by atoms with Crippen molar-refractivity contribution in [3.63, 3.8) is 0 Å². The van der Waals surface area contributed by atoms with Crippen molar-refractivity contribution in [2.75, 3.05) is 25.1 Å². The summed E-state index contributed by atoms with van der Waals surface area (Å²) in [5.41, 5.74) is 0.650. The number of benzene rings is 1. The molecule has 0 unspecified atom stereocenters. The number of ether oxygens (including phenoxy) is 2. The number of methoxy groups -OCH3 is 1. The van der Waals surface area contributed by atoms with E-state index >= 15 is 0 Å². The highest BCUT2D eigenvalue weighted by Crippen LogP contribution is 2.36. The molecule has 0 bridgehead atoms. The van der Waals surface area contributed by atoms with Gasteiger partial charge in [-0.1, -0.05) is 0 Å². The van der Waals surface area contributed by atoms with Crippen LogP contribution in [0.1, 0.15) is 38.5 Å². The van der Waals surface area contributed by atoms with Crippen molar-refractivity contribution in [2.24, 2.45) is 5.92 Å². The summed E-state index contributed by atoms with van der Waals surface area (Å²) in [6.45, 7) is 0.844. The molecule has 2 heterocycles. The minimum atomic E-state index is -0.840. The van der Waals surface area contributed by atoms with Crippen LogP contribution in [0.25, 0.3) is 11.3 Å². The second kappa shape index (κ2) is 9.08. The fourth-order valence-corrected chi connectivity index (χ4v) is 4.10. The van der Waals surface area contributed by atoms with E-state index in [4.69, 9.17) is 14.6 Å². The van der Waals surface area contributed by atoms with Gasteiger partial charge in [-0.3, -0.25) is 4.79 Å². The van der Waals surface area contributed by atoms with Crippen LogP contribution in [-0.2, 0) is 4.79 Å². The fourth-order valence-electron chi connectivity index (χ4n) is 4.10. The lowest BCUT2D eigenvalue weighted by atomic mass is 9.93. The average Bonchev–Trinajstić information content (AvgIpc) is 2.71. The molecule has 0 radical (unpaired) electrons. The zero-order chi connectivity index (χ0) is 22.0. The van der Waals surface area contributed by atoms with E-state index in [1.165, 1.54) is 19.2 Å². The molecule has 1 aliphatic heterocycles. The molecule has 1 aliphatic carbocycles. The van der Waals surface area contributed by atoms with E-state index in [1.807, 2.05) is 0 Å². The highest BCUT2D eigenvalue weighted by molar-refractivity contribution is 5.67. The number of halogens is 2. The van der Waals surface area contributed by atoms with Gasteiger partial charge in [0.25, 0.3) is 5.88 Å². The number of aromatic nitrogens is 1. The maximum atomic E-state index is 14.9. The molecule has 2 aliphatic rings. The Bertz CT molecular complexity index is 934. The van der Waals surface area contributed by atoms with Crippen LogP contribution in [0, 0.1) is 17.6 Å². The van der Waals surface area contributed by atoms with E-state index in [-0.39, 0.29) is 24.1 Å². The molecule has 0 spiro atoms. The van der Waals surface area contributed by atoms with Gasteiger partial charge in [-0.15, -0.1) is 0 Å². The van der Waals surface area contributed by atoms with Gasteiger partial charge < -0.3 is 19.5 Å². The van der Waals surface area contributed by atoms with Gasteiger partial charge in [0.05, 0.1) is 12.8 Å². The number of pyridine rings is 1. The maximum absolute atomic E-state index is 14.9. The minimum Gasteiger partial charge on any atom is -0.491 e. The topological polar surface area (TPSA) is 71.9 Å². The van der Waals surface area contributed by atoms with Gasteiger partial charge in [0, 0.05) is 25.1 Å².